The van der Waals surface area contributed by atoms with Crippen molar-refractivity contribution < 1.29 is 23.8 Å². The van der Waals surface area contributed by atoms with Crippen molar-refractivity contribution in [3.05, 3.63) is 64.1 Å². The SMILES string of the molecule is COC(=O)/C=C/c1ccc(OCC(=O)NC(C)c2ccc(Br)cc2)c(OC)c1. The van der Waals surface area contributed by atoms with Crippen LogP contribution in [0.1, 0.15) is 24.1 Å². The summed E-state index contributed by atoms with van der Waals surface area (Å²) in [6.45, 7) is 1.76. The maximum atomic E-state index is 12.2. The molecule has 28 heavy (non-hydrogen) atoms. The van der Waals surface area contributed by atoms with E-state index in [2.05, 4.69) is 26.0 Å². The number of hydrogen-bond acceptors (Lipinski definition) is 5. The van der Waals surface area contributed by atoms with E-state index in [1.54, 1.807) is 24.3 Å². The van der Waals surface area contributed by atoms with Crippen LogP contribution in [0, 0.1) is 0 Å². The Morgan fingerprint density at radius 2 is 1.82 bits per heavy atom. The molecule has 0 aromatic heterocycles. The molecule has 0 radical (unpaired) electrons. The number of ether oxygens (including phenoxy) is 3. The Bertz CT molecular complexity index is 848. The van der Waals surface area contributed by atoms with Crippen molar-refractivity contribution >= 4 is 33.9 Å². The molecule has 1 atom stereocenters. The van der Waals surface area contributed by atoms with Crippen LogP contribution in [0.4, 0.5) is 0 Å². The lowest BCUT2D eigenvalue weighted by Gasteiger charge is -2.16. The molecule has 0 spiro atoms. The highest BCUT2D eigenvalue weighted by Crippen LogP contribution is 2.28. The second-order valence-electron chi connectivity index (χ2n) is 5.90. The molecular formula is C21H22BrNO5. The lowest BCUT2D eigenvalue weighted by Crippen LogP contribution is -2.31. The van der Waals surface area contributed by atoms with Crippen LogP contribution in [0.25, 0.3) is 6.08 Å². The normalized spacial score (nSPS) is 11.7. The number of carbonyl (C=O) groups excluding carboxylic acids is 2. The number of benzene rings is 2. The number of carbonyl (C=O) groups is 2. The summed E-state index contributed by atoms with van der Waals surface area (Å²) in [7, 11) is 2.82. The zero-order chi connectivity index (χ0) is 20.5. The fourth-order valence-corrected chi connectivity index (χ4v) is 2.66. The molecule has 6 nitrogen and oxygen atoms in total. The van der Waals surface area contributed by atoms with E-state index in [0.717, 1.165) is 15.6 Å². The third kappa shape index (κ3) is 6.42. The van der Waals surface area contributed by atoms with E-state index in [0.29, 0.717) is 11.5 Å². The molecule has 1 N–H and O–H groups in total. The summed E-state index contributed by atoms with van der Waals surface area (Å²) in [5, 5.41) is 2.89. The Kier molecular flexibility index (Phi) is 8.07. The highest BCUT2D eigenvalue weighted by Gasteiger charge is 2.12. The van der Waals surface area contributed by atoms with Gasteiger partial charge >= 0.3 is 5.97 Å². The van der Waals surface area contributed by atoms with Gasteiger partial charge in [0.2, 0.25) is 0 Å². The molecule has 0 aliphatic rings. The van der Waals surface area contributed by atoms with E-state index >= 15 is 0 Å². The first-order valence-electron chi connectivity index (χ1n) is 8.54. The third-order valence-corrected chi connectivity index (χ3v) is 4.44. The molecule has 0 saturated carbocycles. The van der Waals surface area contributed by atoms with Gasteiger partial charge in [0.25, 0.3) is 5.91 Å². The molecule has 0 heterocycles. The molecule has 7 heteroatoms. The average molecular weight is 448 g/mol. The smallest absolute Gasteiger partial charge is 0.330 e. The molecular weight excluding hydrogens is 426 g/mol. The van der Waals surface area contributed by atoms with E-state index in [1.165, 1.54) is 20.3 Å². The van der Waals surface area contributed by atoms with Gasteiger partial charge in [-0.2, -0.15) is 0 Å². The minimum atomic E-state index is -0.448. The fourth-order valence-electron chi connectivity index (χ4n) is 2.40. The van der Waals surface area contributed by atoms with Gasteiger partial charge in [-0.05, 0) is 48.4 Å². The van der Waals surface area contributed by atoms with Crippen LogP contribution in [0.2, 0.25) is 0 Å². The minimum absolute atomic E-state index is 0.142. The number of amides is 1. The first kappa shape index (κ1) is 21.5. The van der Waals surface area contributed by atoms with Gasteiger partial charge in [-0.3, -0.25) is 4.79 Å². The van der Waals surface area contributed by atoms with E-state index < -0.39 is 5.97 Å². The van der Waals surface area contributed by atoms with Crippen molar-refractivity contribution in [2.45, 2.75) is 13.0 Å². The van der Waals surface area contributed by atoms with Crippen LogP contribution in [0.15, 0.2) is 53.0 Å². The lowest BCUT2D eigenvalue weighted by atomic mass is 10.1. The van der Waals surface area contributed by atoms with E-state index in [4.69, 9.17) is 9.47 Å². The van der Waals surface area contributed by atoms with Crippen molar-refractivity contribution in [3.8, 4) is 11.5 Å². The number of esters is 1. The van der Waals surface area contributed by atoms with Crippen molar-refractivity contribution in [2.75, 3.05) is 20.8 Å². The molecule has 1 unspecified atom stereocenters. The second kappa shape index (κ2) is 10.5. The Hall–Kier alpha value is -2.80. The molecule has 0 saturated heterocycles. The van der Waals surface area contributed by atoms with Crippen molar-refractivity contribution in [1.82, 2.24) is 5.32 Å². The van der Waals surface area contributed by atoms with Gasteiger partial charge in [-0.1, -0.05) is 34.1 Å². The number of nitrogens with one attached hydrogen (secondary N) is 1. The number of rotatable bonds is 8. The van der Waals surface area contributed by atoms with Crippen molar-refractivity contribution in [1.29, 1.82) is 0 Å². The molecule has 148 valence electrons. The average Bonchev–Trinajstić information content (AvgIpc) is 2.70. The molecule has 0 aliphatic carbocycles. The van der Waals surface area contributed by atoms with Gasteiger partial charge in [0.1, 0.15) is 0 Å². The van der Waals surface area contributed by atoms with Gasteiger partial charge in [0.05, 0.1) is 20.3 Å². The van der Waals surface area contributed by atoms with E-state index in [9.17, 15) is 9.59 Å². The number of halogens is 1. The molecule has 2 aromatic carbocycles. The van der Waals surface area contributed by atoms with Crippen LogP contribution >= 0.6 is 15.9 Å². The van der Waals surface area contributed by atoms with Crippen LogP contribution in [0.3, 0.4) is 0 Å². The highest BCUT2D eigenvalue weighted by molar-refractivity contribution is 9.10. The zero-order valence-electron chi connectivity index (χ0n) is 15.9. The summed E-state index contributed by atoms with van der Waals surface area (Å²) in [5.74, 6) is 0.202. The quantitative estimate of drug-likeness (QED) is 0.490. The molecule has 1 amide bonds. The Balaban J connectivity index is 1.95. The summed E-state index contributed by atoms with van der Waals surface area (Å²) in [6, 6.07) is 12.7. The zero-order valence-corrected chi connectivity index (χ0v) is 17.5. The Labute approximate surface area is 172 Å². The maximum absolute atomic E-state index is 12.2. The highest BCUT2D eigenvalue weighted by atomic mass is 79.9. The number of methoxy groups -OCH3 is 2. The summed E-state index contributed by atoms with van der Waals surface area (Å²) in [5.41, 5.74) is 1.73. The van der Waals surface area contributed by atoms with Gasteiger partial charge in [-0.15, -0.1) is 0 Å². The van der Waals surface area contributed by atoms with E-state index in [1.807, 2.05) is 31.2 Å². The monoisotopic (exact) mass is 447 g/mol. The van der Waals surface area contributed by atoms with Crippen molar-refractivity contribution in [3.63, 3.8) is 0 Å². The Morgan fingerprint density at radius 3 is 2.46 bits per heavy atom. The molecule has 0 fully saturated rings. The second-order valence-corrected chi connectivity index (χ2v) is 6.81. The predicted molar refractivity (Wildman–Crippen MR) is 110 cm³/mol. The lowest BCUT2D eigenvalue weighted by molar-refractivity contribution is -0.134. The summed E-state index contributed by atoms with van der Waals surface area (Å²) in [4.78, 5) is 23.4. The van der Waals surface area contributed by atoms with Crippen molar-refractivity contribution in [2.24, 2.45) is 0 Å². The van der Waals surface area contributed by atoms with Gasteiger partial charge in [0, 0.05) is 10.5 Å². The first-order valence-corrected chi connectivity index (χ1v) is 9.34. The van der Waals surface area contributed by atoms with E-state index in [-0.39, 0.29) is 18.6 Å². The molecule has 0 bridgehead atoms. The number of hydrogen-bond donors (Lipinski definition) is 1. The minimum Gasteiger partial charge on any atom is -0.493 e. The van der Waals surface area contributed by atoms with Gasteiger partial charge in [0.15, 0.2) is 18.1 Å². The first-order chi connectivity index (χ1) is 13.4. The Morgan fingerprint density at radius 1 is 1.11 bits per heavy atom. The van der Waals surface area contributed by atoms with Crippen LogP contribution in [-0.4, -0.2) is 32.7 Å². The van der Waals surface area contributed by atoms with Gasteiger partial charge in [-0.25, -0.2) is 4.79 Å². The van der Waals surface area contributed by atoms with Gasteiger partial charge < -0.3 is 19.5 Å². The predicted octanol–water partition coefficient (Wildman–Crippen LogP) is 3.90. The maximum Gasteiger partial charge on any atom is 0.330 e. The van der Waals surface area contributed by atoms with Crippen LogP contribution in [-0.2, 0) is 14.3 Å². The summed E-state index contributed by atoms with van der Waals surface area (Å²) < 4.78 is 16.4. The third-order valence-electron chi connectivity index (χ3n) is 3.91. The fraction of sp³-hybridized carbons (Fsp3) is 0.238. The molecule has 2 rings (SSSR count). The topological polar surface area (TPSA) is 73.9 Å². The summed E-state index contributed by atoms with van der Waals surface area (Å²) >= 11 is 3.39. The standard InChI is InChI=1S/C21H22BrNO5/c1-14(16-6-8-17(22)9-7-16)23-20(24)13-28-18-10-4-15(12-19(18)26-2)5-11-21(25)27-3/h4-12,14H,13H2,1-3H3,(H,23,24)/b11-5+. The molecule has 2 aromatic rings. The molecule has 0 aliphatic heterocycles. The largest absolute Gasteiger partial charge is 0.493 e. The van der Waals surface area contributed by atoms with Crippen LogP contribution < -0.4 is 14.8 Å². The summed E-state index contributed by atoms with van der Waals surface area (Å²) in [6.07, 6.45) is 2.91. The van der Waals surface area contributed by atoms with Crippen LogP contribution in [0.5, 0.6) is 11.5 Å².